The van der Waals surface area contributed by atoms with Gasteiger partial charge in [-0.05, 0) is 136 Å². The lowest BCUT2D eigenvalue weighted by Crippen LogP contribution is -2.29. The summed E-state index contributed by atoms with van der Waals surface area (Å²) in [6.45, 7) is 18.7. The van der Waals surface area contributed by atoms with Crippen molar-refractivity contribution in [2.24, 2.45) is 0 Å². The van der Waals surface area contributed by atoms with Gasteiger partial charge in [0.15, 0.2) is 0 Å². The van der Waals surface area contributed by atoms with Crippen molar-refractivity contribution in [2.75, 3.05) is 0 Å². The Morgan fingerprint density at radius 2 is 0.864 bits per heavy atom. The molecular formula is C64H54N2. The Balaban J connectivity index is 1.18. The highest BCUT2D eigenvalue weighted by molar-refractivity contribution is 6.12. The molecule has 320 valence electrons. The van der Waals surface area contributed by atoms with E-state index in [-0.39, 0.29) is 16.2 Å². The van der Waals surface area contributed by atoms with Crippen LogP contribution in [-0.4, -0.2) is 9.97 Å². The first-order chi connectivity index (χ1) is 31.7. The van der Waals surface area contributed by atoms with Crippen LogP contribution in [0.3, 0.4) is 0 Å². The number of fused-ring (bicyclic) bond motifs is 10. The molecule has 0 aliphatic heterocycles. The highest BCUT2D eigenvalue weighted by Crippen LogP contribution is 2.62. The SMILES string of the molecule is CC(C)(C)c1ccc(C2(c3ccc(C(C)(C)C)cc3)c3cc(-c4nccc5ccccc45)ccc3-c3cc4c(cc32)-c2c(cc(-c3nccc5ccccc35)c3ccccc23)C4(C)C)cc1. The van der Waals surface area contributed by atoms with E-state index in [9.17, 15) is 0 Å². The van der Waals surface area contributed by atoms with E-state index < -0.39 is 5.41 Å². The van der Waals surface area contributed by atoms with Crippen LogP contribution in [0.4, 0.5) is 0 Å². The lowest BCUT2D eigenvalue weighted by Gasteiger charge is -2.35. The van der Waals surface area contributed by atoms with Gasteiger partial charge in [0.25, 0.3) is 0 Å². The number of pyridine rings is 2. The summed E-state index contributed by atoms with van der Waals surface area (Å²) in [5.41, 5.74) is 19.1. The molecule has 0 N–H and O–H groups in total. The smallest absolute Gasteiger partial charge is 0.0786 e. The molecule has 0 radical (unpaired) electrons. The van der Waals surface area contributed by atoms with Crippen LogP contribution in [0.1, 0.15) is 99.9 Å². The summed E-state index contributed by atoms with van der Waals surface area (Å²) in [7, 11) is 0. The van der Waals surface area contributed by atoms with E-state index in [2.05, 4.69) is 225 Å². The maximum absolute atomic E-state index is 5.10. The average Bonchev–Trinajstić information content (AvgIpc) is 3.73. The Labute approximate surface area is 389 Å². The topological polar surface area (TPSA) is 25.8 Å². The molecule has 2 heteroatoms. The van der Waals surface area contributed by atoms with E-state index in [0.29, 0.717) is 0 Å². The molecule has 0 spiro atoms. The zero-order chi connectivity index (χ0) is 45.3. The zero-order valence-corrected chi connectivity index (χ0v) is 39.2. The molecule has 2 aliphatic carbocycles. The molecule has 0 unspecified atom stereocenters. The molecule has 10 aromatic rings. The fourth-order valence-electron chi connectivity index (χ4n) is 11.7. The average molecular weight is 851 g/mol. The molecule has 0 atom stereocenters. The van der Waals surface area contributed by atoms with Gasteiger partial charge in [-0.25, -0.2) is 0 Å². The first kappa shape index (κ1) is 40.4. The number of rotatable bonds is 4. The number of hydrogen-bond donors (Lipinski definition) is 0. The second kappa shape index (κ2) is 14.2. The fourth-order valence-corrected chi connectivity index (χ4v) is 11.7. The summed E-state index contributed by atoms with van der Waals surface area (Å²) in [5.74, 6) is 0. The first-order valence-electron chi connectivity index (χ1n) is 23.6. The largest absolute Gasteiger partial charge is 0.256 e. The molecule has 0 saturated carbocycles. The third-order valence-electron chi connectivity index (χ3n) is 15.2. The normalized spacial score (nSPS) is 14.6. The highest BCUT2D eigenvalue weighted by atomic mass is 14.7. The van der Waals surface area contributed by atoms with Gasteiger partial charge in [-0.2, -0.15) is 0 Å². The minimum Gasteiger partial charge on any atom is -0.256 e. The lowest BCUT2D eigenvalue weighted by atomic mass is 9.66. The van der Waals surface area contributed by atoms with Gasteiger partial charge in [-0.1, -0.05) is 189 Å². The van der Waals surface area contributed by atoms with Crippen molar-refractivity contribution >= 4 is 32.3 Å². The molecule has 0 bridgehead atoms. The standard InChI is InChI=1S/C64H54N2/c1-61(2,3)42-22-26-44(27-23-42)64(45-28-24-43(25-29-45)62(4,5)6)55-35-41(59-46-17-11-9-15-39(46)31-33-65-59)21-30-49(55)51-36-54-53(38-56(51)64)58-50-20-14-13-19-48(50)52(37-57(58)63(54,7)8)60-47-18-12-10-16-40(47)32-34-66-60/h9-38H,1-8H3. The summed E-state index contributed by atoms with van der Waals surface area (Å²) >= 11 is 0. The molecule has 0 amide bonds. The number of hydrogen-bond acceptors (Lipinski definition) is 2. The summed E-state index contributed by atoms with van der Waals surface area (Å²) in [6.07, 6.45) is 3.92. The molecule has 2 aromatic heterocycles. The minimum atomic E-state index is -0.636. The molecule has 2 aliphatic rings. The van der Waals surface area contributed by atoms with E-state index in [1.54, 1.807) is 0 Å². The monoisotopic (exact) mass is 850 g/mol. The number of aromatic nitrogens is 2. The van der Waals surface area contributed by atoms with Crippen molar-refractivity contribution < 1.29 is 0 Å². The minimum absolute atomic E-state index is 0.0102. The molecule has 2 nitrogen and oxygen atoms in total. The van der Waals surface area contributed by atoms with Gasteiger partial charge < -0.3 is 0 Å². The first-order valence-corrected chi connectivity index (χ1v) is 23.6. The quantitative estimate of drug-likeness (QED) is 0.176. The van der Waals surface area contributed by atoms with Gasteiger partial charge in [0.1, 0.15) is 0 Å². The molecular weight excluding hydrogens is 797 g/mol. The second-order valence-corrected chi connectivity index (χ2v) is 21.4. The van der Waals surface area contributed by atoms with Gasteiger partial charge in [-0.3, -0.25) is 9.97 Å². The van der Waals surface area contributed by atoms with Crippen LogP contribution in [0.25, 0.3) is 77.1 Å². The molecule has 66 heavy (non-hydrogen) atoms. The highest BCUT2D eigenvalue weighted by Gasteiger charge is 2.49. The third-order valence-corrected chi connectivity index (χ3v) is 15.2. The van der Waals surface area contributed by atoms with Gasteiger partial charge in [0, 0.05) is 39.7 Å². The van der Waals surface area contributed by atoms with Crippen molar-refractivity contribution in [1.29, 1.82) is 0 Å². The Morgan fingerprint density at radius 1 is 0.379 bits per heavy atom. The summed E-state index contributed by atoms with van der Waals surface area (Å²) < 4.78 is 0. The molecule has 8 aromatic carbocycles. The van der Waals surface area contributed by atoms with Gasteiger partial charge in [0.2, 0.25) is 0 Å². The van der Waals surface area contributed by atoms with Crippen LogP contribution in [0.2, 0.25) is 0 Å². The lowest BCUT2D eigenvalue weighted by molar-refractivity contribution is 0.588. The van der Waals surface area contributed by atoms with E-state index in [1.807, 2.05) is 12.4 Å². The van der Waals surface area contributed by atoms with Crippen LogP contribution >= 0.6 is 0 Å². The van der Waals surface area contributed by atoms with Crippen molar-refractivity contribution in [1.82, 2.24) is 9.97 Å². The van der Waals surface area contributed by atoms with Gasteiger partial charge in [0.05, 0.1) is 16.8 Å². The van der Waals surface area contributed by atoms with Crippen molar-refractivity contribution in [2.45, 2.75) is 77.0 Å². The number of benzene rings is 8. The maximum Gasteiger partial charge on any atom is 0.0786 e. The molecule has 2 heterocycles. The summed E-state index contributed by atoms with van der Waals surface area (Å²) in [6, 6.07) is 64.5. The predicted molar refractivity (Wildman–Crippen MR) is 278 cm³/mol. The van der Waals surface area contributed by atoms with Crippen LogP contribution in [0.15, 0.2) is 182 Å². The van der Waals surface area contributed by atoms with E-state index in [4.69, 9.17) is 9.97 Å². The van der Waals surface area contributed by atoms with Crippen LogP contribution in [0, 0.1) is 0 Å². The summed E-state index contributed by atoms with van der Waals surface area (Å²) in [4.78, 5) is 10.2. The van der Waals surface area contributed by atoms with Crippen molar-refractivity contribution in [3.63, 3.8) is 0 Å². The maximum atomic E-state index is 5.10. The van der Waals surface area contributed by atoms with Crippen molar-refractivity contribution in [3.05, 3.63) is 227 Å². The van der Waals surface area contributed by atoms with E-state index in [0.717, 1.165) is 22.3 Å². The fraction of sp³-hybridized carbons (Fsp3) is 0.188. The molecule has 0 fully saturated rings. The Morgan fingerprint density at radius 3 is 1.45 bits per heavy atom. The Hall–Kier alpha value is -7.16. The predicted octanol–water partition coefficient (Wildman–Crippen LogP) is 16.5. The second-order valence-electron chi connectivity index (χ2n) is 21.4. The van der Waals surface area contributed by atoms with Crippen molar-refractivity contribution in [3.8, 4) is 44.8 Å². The third kappa shape index (κ3) is 5.80. The van der Waals surface area contributed by atoms with Crippen LogP contribution < -0.4 is 0 Å². The Kier molecular flexibility index (Phi) is 8.66. The molecule has 12 rings (SSSR count). The van der Waals surface area contributed by atoms with E-state index >= 15 is 0 Å². The van der Waals surface area contributed by atoms with Crippen LogP contribution in [-0.2, 0) is 21.7 Å². The summed E-state index contributed by atoms with van der Waals surface area (Å²) in [5, 5.41) is 7.21. The van der Waals surface area contributed by atoms with Gasteiger partial charge >= 0.3 is 0 Å². The Bertz CT molecular complexity index is 3540. The van der Waals surface area contributed by atoms with E-state index in [1.165, 1.54) is 99.3 Å². The molecule has 0 saturated heterocycles. The van der Waals surface area contributed by atoms with Crippen LogP contribution in [0.5, 0.6) is 0 Å². The zero-order valence-electron chi connectivity index (χ0n) is 39.2. The van der Waals surface area contributed by atoms with Gasteiger partial charge in [-0.15, -0.1) is 0 Å². The number of nitrogens with zero attached hydrogens (tertiary/aromatic N) is 2.